The molecule has 1 atom stereocenters. The van der Waals surface area contributed by atoms with E-state index < -0.39 is 11.5 Å². The van der Waals surface area contributed by atoms with Crippen LogP contribution in [-0.2, 0) is 9.53 Å². The summed E-state index contributed by atoms with van der Waals surface area (Å²) in [5.41, 5.74) is -0.545. The number of benzene rings is 1. The third-order valence-electron chi connectivity index (χ3n) is 4.31. The number of methoxy groups -OCH3 is 1. The first kappa shape index (κ1) is 20.3. The molecule has 1 aromatic rings. The molecule has 8 heteroatoms. The first-order valence-electron chi connectivity index (χ1n) is 8.21. The average Bonchev–Trinajstić information content (AvgIpc) is 2.62. The summed E-state index contributed by atoms with van der Waals surface area (Å²) in [5, 5.41) is 16.8. The summed E-state index contributed by atoms with van der Waals surface area (Å²) in [5.74, 6) is 0.296. The van der Waals surface area contributed by atoms with Crippen LogP contribution in [0.25, 0.3) is 0 Å². The van der Waals surface area contributed by atoms with E-state index in [4.69, 9.17) is 32.7 Å². The molecule has 0 radical (unpaired) electrons. The fourth-order valence-corrected chi connectivity index (χ4v) is 3.20. The van der Waals surface area contributed by atoms with Crippen molar-refractivity contribution in [3.63, 3.8) is 0 Å². The fraction of sp³-hybridized carbons (Fsp3) is 0.588. The van der Waals surface area contributed by atoms with Crippen LogP contribution in [0.15, 0.2) is 18.2 Å². The van der Waals surface area contributed by atoms with E-state index in [1.165, 1.54) is 0 Å². The van der Waals surface area contributed by atoms with Gasteiger partial charge < -0.3 is 25.2 Å². The monoisotopic (exact) mass is 390 g/mol. The smallest absolute Gasteiger partial charge is 0.228 e. The average molecular weight is 391 g/mol. The lowest BCUT2D eigenvalue weighted by molar-refractivity contribution is -0.136. The summed E-state index contributed by atoms with van der Waals surface area (Å²) < 4.78 is 10.7. The van der Waals surface area contributed by atoms with Crippen LogP contribution in [0.5, 0.6) is 5.75 Å². The van der Waals surface area contributed by atoms with E-state index in [9.17, 15) is 9.90 Å². The van der Waals surface area contributed by atoms with Crippen molar-refractivity contribution in [2.24, 2.45) is 5.41 Å². The Morgan fingerprint density at radius 3 is 2.80 bits per heavy atom. The number of carbonyl (C=O) groups excluding carboxylic acids is 1. The van der Waals surface area contributed by atoms with Crippen molar-refractivity contribution < 1.29 is 19.4 Å². The fourth-order valence-electron chi connectivity index (χ4n) is 2.86. The zero-order chi connectivity index (χ0) is 18.3. The van der Waals surface area contributed by atoms with Crippen LogP contribution in [0.1, 0.15) is 12.8 Å². The van der Waals surface area contributed by atoms with Gasteiger partial charge in [0.05, 0.1) is 17.0 Å². The SMILES string of the molecule is COCC1(C(=O)NCC(O)COc2cccc(Cl)c2Cl)CCNCC1. The van der Waals surface area contributed by atoms with Gasteiger partial charge in [-0.1, -0.05) is 29.3 Å². The molecule has 1 aromatic carbocycles. The predicted octanol–water partition coefficient (Wildman–Crippen LogP) is 1.87. The highest BCUT2D eigenvalue weighted by atomic mass is 35.5. The summed E-state index contributed by atoms with van der Waals surface area (Å²) in [6.45, 7) is 2.01. The lowest BCUT2D eigenvalue weighted by atomic mass is 9.78. The normalized spacial score (nSPS) is 17.8. The summed E-state index contributed by atoms with van der Waals surface area (Å²) in [7, 11) is 1.59. The lowest BCUT2D eigenvalue weighted by Crippen LogP contribution is -2.51. The van der Waals surface area contributed by atoms with Crippen LogP contribution < -0.4 is 15.4 Å². The number of amides is 1. The molecule has 0 bridgehead atoms. The van der Waals surface area contributed by atoms with Crippen LogP contribution in [0.3, 0.4) is 0 Å². The van der Waals surface area contributed by atoms with Crippen molar-refractivity contribution in [3.8, 4) is 5.75 Å². The van der Waals surface area contributed by atoms with Gasteiger partial charge in [-0.15, -0.1) is 0 Å². The van der Waals surface area contributed by atoms with Gasteiger partial charge in [0.15, 0.2) is 0 Å². The Balaban J connectivity index is 1.83. The molecule has 3 N–H and O–H groups in total. The second-order valence-electron chi connectivity index (χ2n) is 6.19. The maximum absolute atomic E-state index is 12.6. The molecule has 1 saturated heterocycles. The summed E-state index contributed by atoms with van der Waals surface area (Å²) in [6.07, 6.45) is 0.551. The zero-order valence-corrected chi connectivity index (χ0v) is 15.7. The molecular weight excluding hydrogens is 367 g/mol. The quantitative estimate of drug-likeness (QED) is 0.631. The molecule has 25 heavy (non-hydrogen) atoms. The van der Waals surface area contributed by atoms with Crippen molar-refractivity contribution in [1.29, 1.82) is 0 Å². The van der Waals surface area contributed by atoms with Crippen molar-refractivity contribution in [2.75, 3.05) is 40.0 Å². The van der Waals surface area contributed by atoms with Gasteiger partial charge in [-0.2, -0.15) is 0 Å². The van der Waals surface area contributed by atoms with Crippen molar-refractivity contribution in [1.82, 2.24) is 10.6 Å². The van der Waals surface area contributed by atoms with Crippen LogP contribution in [-0.4, -0.2) is 57.1 Å². The maximum atomic E-state index is 12.6. The minimum Gasteiger partial charge on any atom is -0.489 e. The van der Waals surface area contributed by atoms with Crippen LogP contribution in [0.2, 0.25) is 10.0 Å². The molecular formula is C17H24Cl2N2O4. The van der Waals surface area contributed by atoms with Gasteiger partial charge in [0.2, 0.25) is 5.91 Å². The first-order valence-corrected chi connectivity index (χ1v) is 8.97. The second kappa shape index (κ2) is 9.59. The van der Waals surface area contributed by atoms with Gasteiger partial charge in [-0.05, 0) is 38.1 Å². The standard InChI is InChI=1S/C17H24Cl2N2O4/c1-24-11-17(5-7-20-8-6-17)16(23)21-9-12(22)10-25-14-4-2-3-13(18)15(14)19/h2-4,12,20,22H,5-11H2,1H3,(H,21,23). The van der Waals surface area contributed by atoms with E-state index in [1.54, 1.807) is 25.3 Å². The lowest BCUT2D eigenvalue weighted by Gasteiger charge is -2.35. The molecule has 1 amide bonds. The first-order chi connectivity index (χ1) is 12.0. The van der Waals surface area contributed by atoms with Crippen molar-refractivity contribution in [3.05, 3.63) is 28.2 Å². The zero-order valence-electron chi connectivity index (χ0n) is 14.2. The molecule has 0 spiro atoms. The Labute approximate surface area is 157 Å². The number of carbonyl (C=O) groups is 1. The van der Waals surface area contributed by atoms with Gasteiger partial charge in [0, 0.05) is 13.7 Å². The molecule has 0 aliphatic carbocycles. The molecule has 1 unspecified atom stereocenters. The van der Waals surface area contributed by atoms with Crippen LogP contribution in [0.4, 0.5) is 0 Å². The van der Waals surface area contributed by atoms with Gasteiger partial charge in [-0.3, -0.25) is 4.79 Å². The maximum Gasteiger partial charge on any atom is 0.228 e. The largest absolute Gasteiger partial charge is 0.489 e. The third-order valence-corrected chi connectivity index (χ3v) is 5.11. The molecule has 1 aliphatic heterocycles. The Morgan fingerprint density at radius 1 is 1.40 bits per heavy atom. The highest BCUT2D eigenvalue weighted by Crippen LogP contribution is 2.31. The van der Waals surface area contributed by atoms with Gasteiger partial charge in [-0.25, -0.2) is 0 Å². The van der Waals surface area contributed by atoms with E-state index in [0.717, 1.165) is 13.1 Å². The van der Waals surface area contributed by atoms with E-state index in [2.05, 4.69) is 10.6 Å². The molecule has 0 saturated carbocycles. The summed E-state index contributed by atoms with van der Waals surface area (Å²) in [6, 6.07) is 5.03. The molecule has 2 rings (SSSR count). The van der Waals surface area contributed by atoms with Crippen molar-refractivity contribution >= 4 is 29.1 Å². The van der Waals surface area contributed by atoms with E-state index in [0.29, 0.717) is 35.2 Å². The number of nitrogens with one attached hydrogen (secondary N) is 2. The van der Waals surface area contributed by atoms with E-state index in [-0.39, 0.29) is 19.1 Å². The molecule has 6 nitrogen and oxygen atoms in total. The molecule has 1 heterocycles. The third kappa shape index (κ3) is 5.46. The summed E-state index contributed by atoms with van der Waals surface area (Å²) in [4.78, 5) is 12.6. The van der Waals surface area contributed by atoms with Gasteiger partial charge >= 0.3 is 0 Å². The van der Waals surface area contributed by atoms with Crippen LogP contribution >= 0.6 is 23.2 Å². The number of ether oxygens (including phenoxy) is 2. The molecule has 0 aromatic heterocycles. The number of halogens is 2. The minimum absolute atomic E-state index is 0.000818. The molecule has 1 fully saturated rings. The highest BCUT2D eigenvalue weighted by Gasteiger charge is 2.39. The number of aliphatic hydroxyl groups is 1. The predicted molar refractivity (Wildman–Crippen MR) is 97.4 cm³/mol. The van der Waals surface area contributed by atoms with Gasteiger partial charge in [0.1, 0.15) is 23.5 Å². The van der Waals surface area contributed by atoms with Crippen LogP contribution in [0, 0.1) is 5.41 Å². The number of piperidine rings is 1. The Hall–Kier alpha value is -1.05. The highest BCUT2D eigenvalue weighted by molar-refractivity contribution is 6.42. The summed E-state index contributed by atoms with van der Waals surface area (Å²) >= 11 is 11.9. The van der Waals surface area contributed by atoms with E-state index in [1.807, 2.05) is 0 Å². The van der Waals surface area contributed by atoms with Crippen molar-refractivity contribution in [2.45, 2.75) is 18.9 Å². The Morgan fingerprint density at radius 2 is 2.12 bits per heavy atom. The number of hydrogen-bond donors (Lipinski definition) is 3. The van der Waals surface area contributed by atoms with Gasteiger partial charge in [0.25, 0.3) is 0 Å². The number of aliphatic hydroxyl groups excluding tert-OH is 1. The minimum atomic E-state index is -0.861. The molecule has 140 valence electrons. The van der Waals surface area contributed by atoms with E-state index >= 15 is 0 Å². The number of hydrogen-bond acceptors (Lipinski definition) is 5. The Kier molecular flexibility index (Phi) is 7.78. The topological polar surface area (TPSA) is 79.8 Å². The Bertz CT molecular complexity index is 574. The number of rotatable bonds is 8. The second-order valence-corrected chi connectivity index (χ2v) is 6.98. The molecule has 1 aliphatic rings.